The molecule has 2 saturated heterocycles. The fraction of sp³-hybridized carbons (Fsp3) is 0.892. The maximum atomic E-state index is 12.3. The number of hydrogen-bond donors (Lipinski definition) is 6. The van der Waals surface area contributed by atoms with E-state index in [4.69, 9.17) is 23.7 Å². The molecule has 6 rings (SSSR count). The lowest BCUT2D eigenvalue weighted by Gasteiger charge is -2.58. The van der Waals surface area contributed by atoms with Gasteiger partial charge in [-0.2, -0.15) is 0 Å². The van der Waals surface area contributed by atoms with Crippen molar-refractivity contribution in [3.05, 3.63) is 11.6 Å². The molecule has 0 aromatic carbocycles. The van der Waals surface area contributed by atoms with Gasteiger partial charge in [0.25, 0.3) is 0 Å². The van der Waals surface area contributed by atoms with Crippen LogP contribution < -0.4 is 0 Å². The summed E-state index contributed by atoms with van der Waals surface area (Å²) in [6, 6.07) is 0. The molecule has 284 valence electrons. The van der Waals surface area contributed by atoms with Gasteiger partial charge in [-0.25, -0.2) is 4.79 Å². The van der Waals surface area contributed by atoms with Crippen molar-refractivity contribution < 1.29 is 63.9 Å². The highest BCUT2D eigenvalue weighted by Gasteiger charge is 2.60. The molecule has 6 aliphatic rings. The van der Waals surface area contributed by atoms with E-state index in [-0.39, 0.29) is 22.9 Å². The molecule has 4 aliphatic carbocycles. The summed E-state index contributed by atoms with van der Waals surface area (Å²) in [7, 11) is 1.45. The predicted octanol–water partition coefficient (Wildman–Crippen LogP) is 2.28. The topological polar surface area (TPSA) is 202 Å². The molecule has 0 spiro atoms. The minimum absolute atomic E-state index is 0.0168. The van der Waals surface area contributed by atoms with Crippen molar-refractivity contribution in [2.24, 2.45) is 40.4 Å². The first kappa shape index (κ1) is 38.1. The van der Waals surface area contributed by atoms with Gasteiger partial charge in [0.05, 0.1) is 19.3 Å². The zero-order valence-electron chi connectivity index (χ0n) is 29.9. The molecule has 13 heteroatoms. The molecule has 0 bridgehead atoms. The minimum atomic E-state index is -1.77. The number of hydrogen-bond acceptors (Lipinski definition) is 12. The zero-order valence-corrected chi connectivity index (χ0v) is 29.9. The van der Waals surface area contributed by atoms with Crippen LogP contribution >= 0.6 is 0 Å². The van der Waals surface area contributed by atoms with E-state index in [1.807, 2.05) is 0 Å². The SMILES string of the molecule is COC(=O)CCC(C)C1CCC2C3CC=C4CC(O[C@@H]5O[C@H](C(=O)O)[C@@H](O[C@@H]6O[C@@H](C)[C@H](O)[C@@H](O)[C@H]6O)[C@H](O)[C@H]5O)CCC4(C)C3CCC12C. The number of rotatable bonds is 9. The highest BCUT2D eigenvalue weighted by molar-refractivity contribution is 5.73. The first-order valence-electron chi connectivity index (χ1n) is 18.6. The molecule has 18 atom stereocenters. The molecule has 50 heavy (non-hydrogen) atoms. The highest BCUT2D eigenvalue weighted by atomic mass is 16.7. The Kier molecular flexibility index (Phi) is 11.1. The number of carboxylic acid groups (broad SMARTS) is 1. The van der Waals surface area contributed by atoms with Crippen LogP contribution in [-0.2, 0) is 33.3 Å². The number of ether oxygens (including phenoxy) is 5. The summed E-state index contributed by atoms with van der Waals surface area (Å²) >= 11 is 0. The van der Waals surface area contributed by atoms with Crippen molar-refractivity contribution in [1.29, 1.82) is 0 Å². The van der Waals surface area contributed by atoms with Crippen LogP contribution in [0.3, 0.4) is 0 Å². The molecule has 5 fully saturated rings. The molecule has 6 N–H and O–H groups in total. The first-order valence-corrected chi connectivity index (χ1v) is 18.6. The Labute approximate surface area is 294 Å². The lowest BCUT2D eigenvalue weighted by molar-refractivity contribution is -0.355. The Bertz CT molecular complexity index is 1280. The summed E-state index contributed by atoms with van der Waals surface area (Å²) < 4.78 is 27.9. The Balaban J connectivity index is 1.10. The van der Waals surface area contributed by atoms with Gasteiger partial charge >= 0.3 is 11.9 Å². The van der Waals surface area contributed by atoms with Gasteiger partial charge in [0.1, 0.15) is 36.6 Å². The standard InChI is InChI=1S/C37H58O13/c1-17(6-11-25(38)46-5)22-9-10-23-21-8-7-19-16-20(12-14-36(19,3)24(21)13-15-37(22,23)4)48-35-30(43)28(41)31(32(50-35)33(44)45)49-34-29(42)27(40)26(39)18(2)47-34/h7,17-18,20-24,26-32,34-35,39-43H,6,8-16H2,1-5H3,(H,44,45)/t17?,18-,20?,21?,22?,23?,24?,26-,27+,28+,29+,30+,31-,32-,34-,35+,36?,37?/m0/s1. The van der Waals surface area contributed by atoms with Gasteiger partial charge in [-0.1, -0.05) is 32.4 Å². The molecule has 13 nitrogen and oxygen atoms in total. The van der Waals surface area contributed by atoms with Crippen LogP contribution in [0.15, 0.2) is 11.6 Å². The lowest BCUT2D eigenvalue weighted by Crippen LogP contribution is -2.65. The summed E-state index contributed by atoms with van der Waals surface area (Å²) in [6.07, 6.45) is -4.27. The second kappa shape index (κ2) is 14.6. The molecule has 3 saturated carbocycles. The summed E-state index contributed by atoms with van der Waals surface area (Å²) in [5.41, 5.74) is 1.61. The second-order valence-electron chi connectivity index (χ2n) is 16.6. The largest absolute Gasteiger partial charge is 0.479 e. The summed E-state index contributed by atoms with van der Waals surface area (Å²) in [5.74, 6) is 1.25. The van der Waals surface area contributed by atoms with Gasteiger partial charge in [0.2, 0.25) is 0 Å². The average molecular weight is 711 g/mol. The monoisotopic (exact) mass is 710 g/mol. The number of carbonyl (C=O) groups is 2. The number of aliphatic hydroxyl groups is 5. The number of aliphatic carboxylic acids is 1. The summed E-state index contributed by atoms with van der Waals surface area (Å²) in [6.45, 7) is 8.63. The molecule has 2 heterocycles. The molecule has 8 unspecified atom stereocenters. The number of methoxy groups -OCH3 is 1. The fourth-order valence-corrected chi connectivity index (χ4v) is 11.1. The third kappa shape index (κ3) is 6.68. The third-order valence-corrected chi connectivity index (χ3v) is 14.1. The number of fused-ring (bicyclic) bond motifs is 5. The minimum Gasteiger partial charge on any atom is -0.479 e. The molecular weight excluding hydrogens is 652 g/mol. The van der Waals surface area contributed by atoms with Gasteiger partial charge in [-0.05, 0) is 105 Å². The molecular formula is C37H58O13. The van der Waals surface area contributed by atoms with E-state index in [2.05, 4.69) is 26.8 Å². The van der Waals surface area contributed by atoms with Crippen LogP contribution in [0.25, 0.3) is 0 Å². The molecule has 0 radical (unpaired) electrons. The Hall–Kier alpha value is -1.68. The van der Waals surface area contributed by atoms with Gasteiger partial charge in [0, 0.05) is 6.42 Å². The van der Waals surface area contributed by atoms with Crippen molar-refractivity contribution in [3.63, 3.8) is 0 Å². The summed E-state index contributed by atoms with van der Waals surface area (Å²) in [5, 5.41) is 62.6. The van der Waals surface area contributed by atoms with Crippen LogP contribution in [0.1, 0.15) is 91.9 Å². The highest BCUT2D eigenvalue weighted by Crippen LogP contribution is 2.67. The van der Waals surface area contributed by atoms with E-state index in [1.165, 1.54) is 38.9 Å². The molecule has 0 amide bonds. The van der Waals surface area contributed by atoms with Crippen LogP contribution in [0.2, 0.25) is 0 Å². The average Bonchev–Trinajstić information content (AvgIpc) is 3.45. The quantitative estimate of drug-likeness (QED) is 0.151. The smallest absolute Gasteiger partial charge is 0.335 e. The Morgan fingerprint density at radius 1 is 0.900 bits per heavy atom. The maximum absolute atomic E-state index is 12.3. The number of carboxylic acids is 1. The van der Waals surface area contributed by atoms with Crippen molar-refractivity contribution in [2.45, 2.75) is 159 Å². The van der Waals surface area contributed by atoms with Crippen LogP contribution in [0, 0.1) is 40.4 Å². The van der Waals surface area contributed by atoms with E-state index >= 15 is 0 Å². The van der Waals surface area contributed by atoms with Gasteiger partial charge in [-0.3, -0.25) is 4.79 Å². The fourth-order valence-electron chi connectivity index (χ4n) is 11.1. The number of allylic oxidation sites excluding steroid dienone is 1. The van der Waals surface area contributed by atoms with Gasteiger partial charge in [-0.15, -0.1) is 0 Å². The van der Waals surface area contributed by atoms with Crippen LogP contribution in [-0.4, -0.2) is 117 Å². The van der Waals surface area contributed by atoms with Crippen molar-refractivity contribution in [3.8, 4) is 0 Å². The second-order valence-corrected chi connectivity index (χ2v) is 16.6. The molecule has 0 aromatic rings. The van der Waals surface area contributed by atoms with Crippen molar-refractivity contribution >= 4 is 11.9 Å². The first-order chi connectivity index (χ1) is 23.6. The van der Waals surface area contributed by atoms with Crippen LogP contribution in [0.5, 0.6) is 0 Å². The van der Waals surface area contributed by atoms with E-state index in [9.17, 15) is 40.2 Å². The normalized spacial score (nSPS) is 49.6. The molecule has 0 aromatic heterocycles. The van der Waals surface area contributed by atoms with E-state index in [0.29, 0.717) is 48.9 Å². The Morgan fingerprint density at radius 3 is 2.30 bits per heavy atom. The maximum Gasteiger partial charge on any atom is 0.335 e. The van der Waals surface area contributed by atoms with Gasteiger partial charge < -0.3 is 54.3 Å². The number of esters is 1. The Morgan fingerprint density at radius 2 is 1.60 bits per heavy atom. The van der Waals surface area contributed by atoms with E-state index in [0.717, 1.165) is 25.7 Å². The van der Waals surface area contributed by atoms with Crippen molar-refractivity contribution in [2.75, 3.05) is 7.11 Å². The molecule has 2 aliphatic heterocycles. The van der Waals surface area contributed by atoms with Crippen molar-refractivity contribution in [1.82, 2.24) is 0 Å². The summed E-state index contributed by atoms with van der Waals surface area (Å²) in [4.78, 5) is 24.1. The number of carbonyl (C=O) groups excluding carboxylic acids is 1. The van der Waals surface area contributed by atoms with E-state index < -0.39 is 67.4 Å². The van der Waals surface area contributed by atoms with E-state index in [1.54, 1.807) is 0 Å². The zero-order chi connectivity index (χ0) is 36.3. The number of aliphatic hydroxyl groups excluding tert-OH is 5. The lowest BCUT2D eigenvalue weighted by atomic mass is 9.47. The predicted molar refractivity (Wildman–Crippen MR) is 176 cm³/mol. The van der Waals surface area contributed by atoms with Gasteiger partial charge in [0.15, 0.2) is 18.7 Å². The van der Waals surface area contributed by atoms with Crippen LogP contribution in [0.4, 0.5) is 0 Å². The third-order valence-electron chi connectivity index (χ3n) is 14.1.